The molecule has 0 bridgehead atoms. The molecule has 0 spiro atoms. The summed E-state index contributed by atoms with van der Waals surface area (Å²) in [4.78, 5) is 14.6. The van der Waals surface area contributed by atoms with E-state index in [0.717, 1.165) is 16.6 Å². The van der Waals surface area contributed by atoms with Crippen molar-refractivity contribution in [3.63, 3.8) is 0 Å². The fraction of sp³-hybridized carbons (Fsp3) is 0.0714. The van der Waals surface area contributed by atoms with Crippen LogP contribution >= 0.6 is 0 Å². The Balaban J connectivity index is 1.95. The molecule has 2 N–H and O–H groups in total. The summed E-state index contributed by atoms with van der Waals surface area (Å²) in [5, 5.41) is 10.7. The molecular formula is C14H12N4O2. The number of nitro benzene ring substituents is 1. The van der Waals surface area contributed by atoms with E-state index in [1.807, 2.05) is 28.8 Å². The van der Waals surface area contributed by atoms with Crippen molar-refractivity contribution in [2.24, 2.45) is 0 Å². The number of hydrogen-bond donors (Lipinski definition) is 1. The van der Waals surface area contributed by atoms with E-state index >= 15 is 0 Å². The van der Waals surface area contributed by atoms with Gasteiger partial charge in [-0.2, -0.15) is 0 Å². The minimum absolute atomic E-state index is 0.0655. The zero-order valence-electron chi connectivity index (χ0n) is 10.6. The molecule has 6 nitrogen and oxygen atoms in total. The highest BCUT2D eigenvalue weighted by molar-refractivity contribution is 5.75. The minimum Gasteiger partial charge on any atom is -0.393 e. The van der Waals surface area contributed by atoms with Crippen LogP contribution in [0.3, 0.4) is 0 Å². The SMILES string of the molecule is Nc1cc(Cn2cnc3ccccc32)ccc1[N+](=O)[O-]. The number of benzene rings is 2. The molecule has 0 aliphatic rings. The van der Waals surface area contributed by atoms with E-state index in [2.05, 4.69) is 4.98 Å². The van der Waals surface area contributed by atoms with E-state index in [4.69, 9.17) is 5.73 Å². The van der Waals surface area contributed by atoms with Crippen LogP contribution in [0.4, 0.5) is 11.4 Å². The van der Waals surface area contributed by atoms with Gasteiger partial charge in [-0.15, -0.1) is 0 Å². The molecule has 0 fully saturated rings. The lowest BCUT2D eigenvalue weighted by atomic mass is 10.1. The van der Waals surface area contributed by atoms with Crippen molar-refractivity contribution < 1.29 is 4.92 Å². The second-order valence-corrected chi connectivity index (χ2v) is 4.51. The lowest BCUT2D eigenvalue weighted by molar-refractivity contribution is -0.383. The molecular weight excluding hydrogens is 256 g/mol. The number of nitrogen functional groups attached to an aromatic ring is 1. The third-order valence-electron chi connectivity index (χ3n) is 3.17. The first-order valence-corrected chi connectivity index (χ1v) is 6.08. The molecule has 0 unspecified atom stereocenters. The molecule has 0 radical (unpaired) electrons. The first-order valence-electron chi connectivity index (χ1n) is 6.08. The first-order chi connectivity index (χ1) is 9.65. The molecule has 1 aromatic heterocycles. The largest absolute Gasteiger partial charge is 0.393 e. The maximum absolute atomic E-state index is 10.7. The first kappa shape index (κ1) is 12.2. The summed E-state index contributed by atoms with van der Waals surface area (Å²) in [6, 6.07) is 12.6. The summed E-state index contributed by atoms with van der Waals surface area (Å²) < 4.78 is 1.98. The predicted molar refractivity (Wildman–Crippen MR) is 76.3 cm³/mol. The lowest BCUT2D eigenvalue weighted by Gasteiger charge is -2.06. The number of anilines is 1. The Morgan fingerprint density at radius 1 is 1.25 bits per heavy atom. The lowest BCUT2D eigenvalue weighted by Crippen LogP contribution is -2.01. The number of nitrogens with zero attached hydrogens (tertiary/aromatic N) is 3. The molecule has 2 aromatic carbocycles. The van der Waals surface area contributed by atoms with E-state index in [-0.39, 0.29) is 11.4 Å². The molecule has 3 rings (SSSR count). The zero-order valence-corrected chi connectivity index (χ0v) is 10.6. The maximum Gasteiger partial charge on any atom is 0.292 e. The van der Waals surface area contributed by atoms with Crippen molar-refractivity contribution in [3.8, 4) is 0 Å². The Morgan fingerprint density at radius 2 is 2.05 bits per heavy atom. The van der Waals surface area contributed by atoms with Crippen LogP contribution < -0.4 is 5.73 Å². The smallest absolute Gasteiger partial charge is 0.292 e. The highest BCUT2D eigenvalue weighted by Crippen LogP contribution is 2.23. The summed E-state index contributed by atoms with van der Waals surface area (Å²) in [7, 11) is 0. The van der Waals surface area contributed by atoms with E-state index in [1.54, 1.807) is 18.5 Å². The molecule has 0 aliphatic heterocycles. The second-order valence-electron chi connectivity index (χ2n) is 4.51. The highest BCUT2D eigenvalue weighted by atomic mass is 16.6. The number of rotatable bonds is 3. The fourth-order valence-corrected chi connectivity index (χ4v) is 2.20. The number of fused-ring (bicyclic) bond motifs is 1. The number of nitrogens with two attached hydrogens (primary N) is 1. The Morgan fingerprint density at radius 3 is 2.80 bits per heavy atom. The van der Waals surface area contributed by atoms with Crippen molar-refractivity contribution in [2.45, 2.75) is 6.54 Å². The van der Waals surface area contributed by atoms with Gasteiger partial charge in [0.2, 0.25) is 0 Å². The summed E-state index contributed by atoms with van der Waals surface area (Å²) in [6.45, 7) is 0.572. The van der Waals surface area contributed by atoms with Crippen LogP contribution in [0, 0.1) is 10.1 Å². The van der Waals surface area contributed by atoms with Crippen LogP contribution in [-0.2, 0) is 6.54 Å². The number of hydrogen-bond acceptors (Lipinski definition) is 4. The van der Waals surface area contributed by atoms with Crippen LogP contribution in [0.15, 0.2) is 48.8 Å². The highest BCUT2D eigenvalue weighted by Gasteiger charge is 2.11. The number of para-hydroxylation sites is 2. The molecule has 100 valence electrons. The van der Waals surface area contributed by atoms with Crippen LogP contribution in [0.2, 0.25) is 0 Å². The Bertz CT molecular complexity index is 795. The standard InChI is InChI=1S/C14H12N4O2/c15-11-7-10(5-6-13(11)18(19)20)8-17-9-16-12-3-1-2-4-14(12)17/h1-7,9H,8,15H2. The van der Waals surface area contributed by atoms with Crippen LogP contribution in [0.5, 0.6) is 0 Å². The van der Waals surface area contributed by atoms with Crippen LogP contribution in [0.1, 0.15) is 5.56 Å². The van der Waals surface area contributed by atoms with Gasteiger partial charge >= 0.3 is 0 Å². The average Bonchev–Trinajstić information content (AvgIpc) is 2.82. The van der Waals surface area contributed by atoms with Gasteiger partial charge in [0, 0.05) is 12.6 Å². The quantitative estimate of drug-likeness (QED) is 0.449. The molecule has 0 saturated heterocycles. The fourth-order valence-electron chi connectivity index (χ4n) is 2.20. The van der Waals surface area contributed by atoms with Gasteiger partial charge in [0.25, 0.3) is 5.69 Å². The van der Waals surface area contributed by atoms with Crippen molar-refractivity contribution in [1.82, 2.24) is 9.55 Å². The van der Waals surface area contributed by atoms with Crippen molar-refractivity contribution >= 4 is 22.4 Å². The summed E-state index contributed by atoms with van der Waals surface area (Å²) in [5.41, 5.74) is 8.65. The monoisotopic (exact) mass is 268 g/mol. The number of nitro groups is 1. The van der Waals surface area contributed by atoms with Gasteiger partial charge in [0.15, 0.2) is 0 Å². The van der Waals surface area contributed by atoms with Crippen LogP contribution in [0.25, 0.3) is 11.0 Å². The van der Waals surface area contributed by atoms with E-state index < -0.39 is 4.92 Å². The van der Waals surface area contributed by atoms with Gasteiger partial charge in [0.05, 0.1) is 22.3 Å². The Hall–Kier alpha value is -2.89. The average molecular weight is 268 g/mol. The summed E-state index contributed by atoms with van der Waals surface area (Å²) >= 11 is 0. The Kier molecular flexibility index (Phi) is 2.83. The third kappa shape index (κ3) is 2.07. The van der Waals surface area contributed by atoms with E-state index in [9.17, 15) is 10.1 Å². The predicted octanol–water partition coefficient (Wildman–Crippen LogP) is 2.58. The second kappa shape index (κ2) is 4.65. The minimum atomic E-state index is -0.480. The van der Waals surface area contributed by atoms with Gasteiger partial charge in [-0.05, 0) is 23.8 Å². The third-order valence-corrected chi connectivity index (χ3v) is 3.17. The summed E-state index contributed by atoms with van der Waals surface area (Å²) in [6.07, 6.45) is 1.75. The summed E-state index contributed by atoms with van der Waals surface area (Å²) in [5.74, 6) is 0. The van der Waals surface area contributed by atoms with Crippen molar-refractivity contribution in [1.29, 1.82) is 0 Å². The molecule has 1 heterocycles. The number of aromatic nitrogens is 2. The van der Waals surface area contributed by atoms with Gasteiger partial charge in [-0.3, -0.25) is 10.1 Å². The van der Waals surface area contributed by atoms with Crippen LogP contribution in [-0.4, -0.2) is 14.5 Å². The molecule has 0 saturated carbocycles. The molecule has 0 atom stereocenters. The van der Waals surface area contributed by atoms with E-state index in [0.29, 0.717) is 6.54 Å². The van der Waals surface area contributed by atoms with Gasteiger partial charge in [-0.1, -0.05) is 18.2 Å². The van der Waals surface area contributed by atoms with Gasteiger partial charge in [0.1, 0.15) is 5.69 Å². The van der Waals surface area contributed by atoms with Crippen molar-refractivity contribution in [3.05, 3.63) is 64.5 Å². The molecule has 0 aliphatic carbocycles. The van der Waals surface area contributed by atoms with Crippen molar-refractivity contribution in [2.75, 3.05) is 5.73 Å². The maximum atomic E-state index is 10.7. The molecule has 6 heteroatoms. The Labute approximate surface area is 114 Å². The molecule has 3 aromatic rings. The van der Waals surface area contributed by atoms with Gasteiger partial charge in [-0.25, -0.2) is 4.98 Å². The zero-order chi connectivity index (χ0) is 14.1. The molecule has 20 heavy (non-hydrogen) atoms. The molecule has 0 amide bonds. The van der Waals surface area contributed by atoms with Gasteiger partial charge < -0.3 is 10.3 Å². The van der Waals surface area contributed by atoms with E-state index in [1.165, 1.54) is 6.07 Å². The topological polar surface area (TPSA) is 87.0 Å². The normalized spacial score (nSPS) is 10.8. The number of imidazole rings is 1.